The van der Waals surface area contributed by atoms with Crippen molar-refractivity contribution in [3.63, 3.8) is 0 Å². The molecule has 0 spiro atoms. The monoisotopic (exact) mass is 544 g/mol. The third kappa shape index (κ3) is 7.22. The molecule has 1 aliphatic rings. The van der Waals surface area contributed by atoms with Gasteiger partial charge < -0.3 is 19.7 Å². The molecule has 3 aromatic heterocycles. The first-order valence-electron chi connectivity index (χ1n) is 13.0. The largest absolute Gasteiger partial charge is 0.495 e. The van der Waals surface area contributed by atoms with Crippen LogP contribution in [-0.4, -0.2) is 86.1 Å². The van der Waals surface area contributed by atoms with Crippen molar-refractivity contribution in [2.24, 2.45) is 0 Å². The summed E-state index contributed by atoms with van der Waals surface area (Å²) in [4.78, 5) is 29.7. The fourth-order valence-corrected chi connectivity index (χ4v) is 4.42. The molecular formula is C26H37ClN8O3. The smallest absolute Gasteiger partial charge is 0.410 e. The second-order valence-corrected chi connectivity index (χ2v) is 10.8. The van der Waals surface area contributed by atoms with E-state index in [9.17, 15) is 4.79 Å². The van der Waals surface area contributed by atoms with Crippen LogP contribution in [0, 0.1) is 0 Å². The molecule has 1 amide bonds. The van der Waals surface area contributed by atoms with Crippen LogP contribution >= 0.6 is 11.6 Å². The van der Waals surface area contributed by atoms with Crippen LogP contribution in [0.2, 0.25) is 5.28 Å². The molecule has 4 heterocycles. The lowest BCUT2D eigenvalue weighted by atomic mass is 10.2. The summed E-state index contributed by atoms with van der Waals surface area (Å²) >= 11 is 6.14. The van der Waals surface area contributed by atoms with Crippen molar-refractivity contribution in [1.82, 2.24) is 34.5 Å². The van der Waals surface area contributed by atoms with Gasteiger partial charge >= 0.3 is 6.09 Å². The third-order valence-electron chi connectivity index (χ3n) is 6.16. The molecule has 11 nitrogen and oxygen atoms in total. The lowest BCUT2D eigenvalue weighted by molar-refractivity contribution is 0.0139. The molecule has 0 unspecified atom stereocenters. The summed E-state index contributed by atoms with van der Waals surface area (Å²) < 4.78 is 12.9. The van der Waals surface area contributed by atoms with E-state index >= 15 is 0 Å². The van der Waals surface area contributed by atoms with E-state index < -0.39 is 5.60 Å². The van der Waals surface area contributed by atoms with Gasteiger partial charge in [-0.1, -0.05) is 13.3 Å². The highest BCUT2D eigenvalue weighted by Crippen LogP contribution is 2.24. The second kappa shape index (κ2) is 12.1. The van der Waals surface area contributed by atoms with Gasteiger partial charge in [-0.2, -0.15) is 10.1 Å². The van der Waals surface area contributed by atoms with Crippen molar-refractivity contribution in [1.29, 1.82) is 0 Å². The maximum Gasteiger partial charge on any atom is 0.410 e. The average Bonchev–Trinajstić information content (AvgIpc) is 3.26. The Balaban J connectivity index is 1.40. The topological polar surface area (TPSA) is 111 Å². The van der Waals surface area contributed by atoms with Crippen LogP contribution in [0.15, 0.2) is 18.5 Å². The number of piperazine rings is 1. The van der Waals surface area contributed by atoms with Crippen LogP contribution in [-0.2, 0) is 17.8 Å². The minimum atomic E-state index is -0.491. The van der Waals surface area contributed by atoms with Crippen LogP contribution in [0.1, 0.15) is 51.8 Å². The molecule has 0 atom stereocenters. The van der Waals surface area contributed by atoms with Gasteiger partial charge in [0.15, 0.2) is 11.3 Å². The first-order valence-corrected chi connectivity index (χ1v) is 13.4. The zero-order valence-corrected chi connectivity index (χ0v) is 23.6. The molecule has 0 saturated carbocycles. The molecule has 0 aromatic carbocycles. The predicted octanol–water partition coefficient (Wildman–Crippen LogP) is 4.20. The quantitative estimate of drug-likeness (QED) is 0.313. The maximum absolute atomic E-state index is 12.3. The summed E-state index contributed by atoms with van der Waals surface area (Å²) in [5, 5.41) is 8.18. The number of aromatic nitrogens is 5. The van der Waals surface area contributed by atoms with Crippen molar-refractivity contribution in [3.8, 4) is 5.75 Å². The van der Waals surface area contributed by atoms with Crippen molar-refractivity contribution < 1.29 is 14.3 Å². The minimum Gasteiger partial charge on any atom is -0.495 e. The molecule has 3 aromatic rings. The van der Waals surface area contributed by atoms with E-state index in [0.717, 1.165) is 50.3 Å². The summed E-state index contributed by atoms with van der Waals surface area (Å²) in [5.41, 5.74) is 2.66. The first kappa shape index (κ1) is 27.8. The summed E-state index contributed by atoms with van der Waals surface area (Å²) in [6.07, 6.45) is 5.56. The summed E-state index contributed by atoms with van der Waals surface area (Å²) in [6.45, 7) is 12.5. The number of amides is 1. The Bertz CT molecular complexity index is 1250. The molecule has 1 saturated heterocycles. The standard InChI is InChI=1S/C26H37ClN8O3/c1-6-7-8-28-23-22-20(30-24(27)31-23)17-35(32-22)16-19-21(37-5)13-18(14-29-19)15-33-9-11-34(12-10-33)25(36)38-26(2,3)4/h13-14,17H,6-12,15-16H2,1-5H3,(H,28,30,31). The zero-order chi connectivity index (χ0) is 27.3. The third-order valence-corrected chi connectivity index (χ3v) is 6.32. The fourth-order valence-electron chi connectivity index (χ4n) is 4.24. The highest BCUT2D eigenvalue weighted by molar-refractivity contribution is 6.28. The van der Waals surface area contributed by atoms with Gasteiger partial charge in [0.05, 0.1) is 19.9 Å². The van der Waals surface area contributed by atoms with E-state index in [-0.39, 0.29) is 11.4 Å². The number of methoxy groups -OCH3 is 1. The number of anilines is 1. The SMILES string of the molecule is CCCCNc1nc(Cl)nc2cn(Cc3ncc(CN4CCN(C(=O)OC(C)(C)C)CC4)cc3OC)nc12. The number of fused-ring (bicyclic) bond motifs is 1. The van der Waals surface area contributed by atoms with Crippen LogP contribution < -0.4 is 10.1 Å². The van der Waals surface area contributed by atoms with E-state index in [1.807, 2.05) is 39.2 Å². The van der Waals surface area contributed by atoms with E-state index in [1.54, 1.807) is 16.7 Å². The number of pyridine rings is 1. The average molecular weight is 545 g/mol. The molecular weight excluding hydrogens is 508 g/mol. The molecule has 38 heavy (non-hydrogen) atoms. The van der Waals surface area contributed by atoms with Crippen molar-refractivity contribution in [2.45, 2.75) is 59.2 Å². The number of nitrogens with one attached hydrogen (secondary N) is 1. The van der Waals surface area contributed by atoms with Crippen LogP contribution in [0.5, 0.6) is 5.75 Å². The summed E-state index contributed by atoms with van der Waals surface area (Å²) in [5.74, 6) is 1.33. The lowest BCUT2D eigenvalue weighted by Gasteiger charge is -2.35. The molecule has 12 heteroatoms. The normalized spacial score (nSPS) is 14.6. The van der Waals surface area contributed by atoms with Gasteiger partial charge in [0.1, 0.15) is 22.6 Å². The maximum atomic E-state index is 12.3. The van der Waals surface area contributed by atoms with Gasteiger partial charge in [-0.05, 0) is 50.4 Å². The van der Waals surface area contributed by atoms with Gasteiger partial charge in [-0.25, -0.2) is 9.78 Å². The number of carbonyl (C=O) groups excluding carboxylic acids is 1. The highest BCUT2D eigenvalue weighted by atomic mass is 35.5. The molecule has 0 radical (unpaired) electrons. The zero-order valence-electron chi connectivity index (χ0n) is 22.8. The predicted molar refractivity (Wildman–Crippen MR) is 147 cm³/mol. The summed E-state index contributed by atoms with van der Waals surface area (Å²) in [6, 6.07) is 2.01. The first-order chi connectivity index (χ1) is 18.1. The van der Waals surface area contributed by atoms with Gasteiger partial charge in [0.2, 0.25) is 5.28 Å². The van der Waals surface area contributed by atoms with Crippen LogP contribution in [0.25, 0.3) is 11.0 Å². The minimum absolute atomic E-state index is 0.183. The Morgan fingerprint density at radius 3 is 2.61 bits per heavy atom. The number of carbonyl (C=O) groups is 1. The van der Waals surface area contributed by atoms with Gasteiger partial charge in [-0.15, -0.1) is 0 Å². The van der Waals surface area contributed by atoms with E-state index in [4.69, 9.17) is 21.1 Å². The molecule has 1 aliphatic heterocycles. The van der Waals surface area contributed by atoms with E-state index in [2.05, 4.69) is 37.2 Å². The molecule has 0 bridgehead atoms. The van der Waals surface area contributed by atoms with Crippen molar-refractivity contribution in [3.05, 3.63) is 35.0 Å². The Morgan fingerprint density at radius 2 is 1.92 bits per heavy atom. The number of hydrogen-bond donors (Lipinski definition) is 1. The Morgan fingerprint density at radius 1 is 1.16 bits per heavy atom. The Kier molecular flexibility index (Phi) is 8.88. The van der Waals surface area contributed by atoms with Crippen molar-refractivity contribution in [2.75, 3.05) is 45.2 Å². The number of ether oxygens (including phenoxy) is 2. The van der Waals surface area contributed by atoms with Gasteiger partial charge in [0, 0.05) is 45.5 Å². The van der Waals surface area contributed by atoms with E-state index in [0.29, 0.717) is 42.2 Å². The highest BCUT2D eigenvalue weighted by Gasteiger charge is 2.26. The summed E-state index contributed by atoms with van der Waals surface area (Å²) in [7, 11) is 1.64. The van der Waals surface area contributed by atoms with Gasteiger partial charge in [0.25, 0.3) is 0 Å². The van der Waals surface area contributed by atoms with E-state index in [1.165, 1.54) is 0 Å². The Hall–Kier alpha value is -3.18. The van der Waals surface area contributed by atoms with Crippen LogP contribution in [0.3, 0.4) is 0 Å². The number of unbranched alkanes of at least 4 members (excludes halogenated alkanes) is 1. The number of hydrogen-bond acceptors (Lipinski definition) is 9. The number of nitrogens with zero attached hydrogens (tertiary/aromatic N) is 7. The number of halogens is 1. The number of rotatable bonds is 9. The molecule has 4 rings (SSSR count). The second-order valence-electron chi connectivity index (χ2n) is 10.4. The molecule has 206 valence electrons. The van der Waals surface area contributed by atoms with Crippen LogP contribution in [0.4, 0.5) is 10.6 Å². The molecule has 0 aliphatic carbocycles. The van der Waals surface area contributed by atoms with Gasteiger partial charge in [-0.3, -0.25) is 14.6 Å². The molecule has 1 N–H and O–H groups in total. The molecule has 1 fully saturated rings. The lowest BCUT2D eigenvalue weighted by Crippen LogP contribution is -2.49. The Labute approximate surface area is 228 Å². The van der Waals surface area contributed by atoms with Crippen molar-refractivity contribution >= 4 is 34.5 Å². The fraction of sp³-hybridized carbons (Fsp3) is 0.577.